The van der Waals surface area contributed by atoms with Crippen LogP contribution in [-0.4, -0.2) is 16.3 Å². The van der Waals surface area contributed by atoms with Gasteiger partial charge in [0.15, 0.2) is 11.6 Å². The number of benzene rings is 1. The zero-order valence-corrected chi connectivity index (χ0v) is 9.88. The molecule has 0 amide bonds. The van der Waals surface area contributed by atoms with Crippen molar-refractivity contribution >= 4 is 12.4 Å². The number of nitrogens with two attached hydrogens (primary N) is 1. The molecule has 0 aliphatic heterocycles. The fraction of sp³-hybridized carbons (Fsp3) is 0.455. The van der Waals surface area contributed by atoms with Crippen molar-refractivity contribution in [1.29, 1.82) is 0 Å². The lowest BCUT2D eigenvalue weighted by molar-refractivity contribution is 0.134. The van der Waals surface area contributed by atoms with Crippen LogP contribution in [0.5, 0.6) is 5.75 Å². The van der Waals surface area contributed by atoms with Crippen LogP contribution in [0.1, 0.15) is 31.4 Å². The summed E-state index contributed by atoms with van der Waals surface area (Å²) in [7, 11) is 0. The second-order valence-corrected chi connectivity index (χ2v) is 3.59. The molecule has 0 aliphatic carbocycles. The van der Waals surface area contributed by atoms with E-state index in [0.717, 1.165) is 12.5 Å². The minimum Gasteiger partial charge on any atom is -0.505 e. The average molecular weight is 250 g/mol. The van der Waals surface area contributed by atoms with Crippen molar-refractivity contribution in [3.05, 3.63) is 29.6 Å². The van der Waals surface area contributed by atoms with E-state index < -0.39 is 23.7 Å². The topological polar surface area (TPSA) is 66.5 Å². The normalized spacial score (nSPS) is 14.0. The predicted octanol–water partition coefficient (Wildman–Crippen LogP) is 2.11. The van der Waals surface area contributed by atoms with Gasteiger partial charge in [0.05, 0.1) is 12.1 Å². The van der Waals surface area contributed by atoms with E-state index in [4.69, 9.17) is 10.8 Å². The lowest BCUT2D eigenvalue weighted by Gasteiger charge is -2.18. The van der Waals surface area contributed by atoms with Crippen molar-refractivity contribution in [3.63, 3.8) is 0 Å². The number of hydrogen-bond donors (Lipinski definition) is 3. The van der Waals surface area contributed by atoms with Gasteiger partial charge >= 0.3 is 0 Å². The Morgan fingerprint density at radius 2 is 2.06 bits per heavy atom. The number of hydrogen-bond acceptors (Lipinski definition) is 3. The van der Waals surface area contributed by atoms with Crippen molar-refractivity contribution in [2.24, 2.45) is 5.73 Å². The maximum atomic E-state index is 13.0. The molecule has 0 saturated carbocycles. The molecule has 4 N–H and O–H groups in total. The van der Waals surface area contributed by atoms with Crippen molar-refractivity contribution in [3.8, 4) is 5.75 Å². The first-order chi connectivity index (χ1) is 7.06. The second-order valence-electron chi connectivity index (χ2n) is 3.59. The van der Waals surface area contributed by atoms with Crippen LogP contribution < -0.4 is 5.73 Å². The number of halogens is 2. The molecule has 16 heavy (non-hydrogen) atoms. The van der Waals surface area contributed by atoms with Crippen molar-refractivity contribution in [1.82, 2.24) is 0 Å². The zero-order chi connectivity index (χ0) is 11.4. The van der Waals surface area contributed by atoms with Crippen LogP contribution in [0.25, 0.3) is 0 Å². The van der Waals surface area contributed by atoms with Gasteiger partial charge in [0.1, 0.15) is 0 Å². The molecular weight excluding hydrogens is 233 g/mol. The Morgan fingerprint density at radius 1 is 1.44 bits per heavy atom. The highest BCUT2D eigenvalue weighted by atomic mass is 35.5. The number of aliphatic hydroxyl groups is 1. The summed E-state index contributed by atoms with van der Waals surface area (Å²) >= 11 is 0. The van der Waals surface area contributed by atoms with Gasteiger partial charge in [-0.2, -0.15) is 0 Å². The molecule has 92 valence electrons. The Labute approximate surface area is 101 Å². The summed E-state index contributed by atoms with van der Waals surface area (Å²) in [6.07, 6.45) is 0.706. The van der Waals surface area contributed by atoms with Crippen molar-refractivity contribution in [2.45, 2.75) is 31.9 Å². The predicted molar refractivity (Wildman–Crippen MR) is 63.2 cm³/mol. The zero-order valence-electron chi connectivity index (χ0n) is 9.06. The molecular formula is C11H17ClFNO2. The van der Waals surface area contributed by atoms with E-state index in [1.54, 1.807) is 0 Å². The lowest BCUT2D eigenvalue weighted by Crippen LogP contribution is -2.26. The smallest absolute Gasteiger partial charge is 0.165 e. The van der Waals surface area contributed by atoms with Crippen LogP contribution >= 0.6 is 12.4 Å². The molecule has 0 aromatic heterocycles. The first-order valence-corrected chi connectivity index (χ1v) is 4.98. The van der Waals surface area contributed by atoms with Gasteiger partial charge < -0.3 is 15.9 Å². The van der Waals surface area contributed by atoms with E-state index >= 15 is 0 Å². The van der Waals surface area contributed by atoms with E-state index in [2.05, 4.69) is 0 Å². The first kappa shape index (κ1) is 15.2. The second kappa shape index (κ2) is 6.68. The fourth-order valence-corrected chi connectivity index (χ4v) is 1.43. The summed E-state index contributed by atoms with van der Waals surface area (Å²) in [5.74, 6) is -1.12. The van der Waals surface area contributed by atoms with Crippen LogP contribution in [0.4, 0.5) is 4.39 Å². The van der Waals surface area contributed by atoms with Crippen LogP contribution in [-0.2, 0) is 0 Å². The van der Waals surface area contributed by atoms with Gasteiger partial charge in [0, 0.05) is 0 Å². The standard InChI is InChI=1S/C11H16FNO2.ClH/c1-2-3-10(15)11(13)7-4-5-9(14)8(12)6-7;/h4-6,10-11,14-15H,2-3,13H2,1H3;1H/t10-,11+;/m1./s1. The Morgan fingerprint density at radius 3 is 2.56 bits per heavy atom. The largest absolute Gasteiger partial charge is 0.505 e. The monoisotopic (exact) mass is 249 g/mol. The van der Waals surface area contributed by atoms with Crippen LogP contribution in [0.3, 0.4) is 0 Å². The number of rotatable bonds is 4. The highest BCUT2D eigenvalue weighted by Gasteiger charge is 2.17. The van der Waals surface area contributed by atoms with Crippen LogP contribution in [0.2, 0.25) is 0 Å². The van der Waals surface area contributed by atoms with Crippen LogP contribution in [0.15, 0.2) is 18.2 Å². The first-order valence-electron chi connectivity index (χ1n) is 4.98. The Kier molecular flexibility index (Phi) is 6.33. The van der Waals surface area contributed by atoms with Gasteiger partial charge in [0.25, 0.3) is 0 Å². The minimum absolute atomic E-state index is 0. The van der Waals surface area contributed by atoms with E-state index in [0.29, 0.717) is 12.0 Å². The van der Waals surface area contributed by atoms with E-state index in [-0.39, 0.29) is 12.4 Å². The molecule has 0 heterocycles. The molecule has 1 rings (SSSR count). The molecule has 2 atom stereocenters. The van der Waals surface area contributed by atoms with Crippen molar-refractivity contribution < 1.29 is 14.6 Å². The minimum atomic E-state index is -0.716. The van der Waals surface area contributed by atoms with E-state index in [1.165, 1.54) is 12.1 Å². The highest BCUT2D eigenvalue weighted by molar-refractivity contribution is 5.85. The average Bonchev–Trinajstić information content (AvgIpc) is 2.21. The molecule has 0 saturated heterocycles. The van der Waals surface area contributed by atoms with Crippen molar-refractivity contribution in [2.75, 3.05) is 0 Å². The summed E-state index contributed by atoms with van der Waals surface area (Å²) in [4.78, 5) is 0. The van der Waals surface area contributed by atoms with E-state index in [1.807, 2.05) is 6.92 Å². The van der Waals surface area contributed by atoms with Gasteiger partial charge in [-0.1, -0.05) is 19.4 Å². The number of phenolic OH excluding ortho intramolecular Hbond substituents is 1. The summed E-state index contributed by atoms with van der Waals surface area (Å²) in [6.45, 7) is 1.94. The Balaban J connectivity index is 0.00000225. The highest BCUT2D eigenvalue weighted by Crippen LogP contribution is 2.22. The van der Waals surface area contributed by atoms with Crippen LogP contribution in [0, 0.1) is 5.82 Å². The van der Waals surface area contributed by atoms with Gasteiger partial charge in [-0.3, -0.25) is 0 Å². The molecule has 0 fully saturated rings. The van der Waals surface area contributed by atoms with Gasteiger partial charge in [-0.15, -0.1) is 12.4 Å². The third-order valence-corrected chi connectivity index (χ3v) is 2.36. The molecule has 0 spiro atoms. The maximum absolute atomic E-state index is 13.0. The molecule has 3 nitrogen and oxygen atoms in total. The molecule has 0 radical (unpaired) electrons. The fourth-order valence-electron chi connectivity index (χ4n) is 1.43. The number of phenols is 1. The molecule has 1 aromatic rings. The Bertz CT molecular complexity index is 336. The lowest BCUT2D eigenvalue weighted by atomic mass is 9.99. The third-order valence-electron chi connectivity index (χ3n) is 2.36. The maximum Gasteiger partial charge on any atom is 0.165 e. The van der Waals surface area contributed by atoms with Gasteiger partial charge in [-0.25, -0.2) is 4.39 Å². The summed E-state index contributed by atoms with van der Waals surface area (Å²) in [5.41, 5.74) is 6.24. The van der Waals surface area contributed by atoms with Gasteiger partial charge in [0.2, 0.25) is 0 Å². The molecule has 1 aromatic carbocycles. The molecule has 0 unspecified atom stereocenters. The summed E-state index contributed by atoms with van der Waals surface area (Å²) in [6, 6.07) is 3.30. The van der Waals surface area contributed by atoms with Gasteiger partial charge in [-0.05, 0) is 24.1 Å². The summed E-state index contributed by atoms with van der Waals surface area (Å²) < 4.78 is 13.0. The SMILES string of the molecule is CCC[C@@H](O)[C@@H](N)c1ccc(O)c(F)c1.Cl. The quantitative estimate of drug-likeness (QED) is 0.766. The third kappa shape index (κ3) is 3.63. The molecule has 5 heteroatoms. The molecule has 0 aliphatic rings. The van der Waals surface area contributed by atoms with E-state index in [9.17, 15) is 9.50 Å². The Hall–Kier alpha value is -0.840. The summed E-state index contributed by atoms with van der Waals surface area (Å²) in [5, 5.41) is 18.6. The number of aromatic hydroxyl groups is 1. The molecule has 0 bridgehead atoms. The number of aliphatic hydroxyl groups excluding tert-OH is 1.